The van der Waals surface area contributed by atoms with Gasteiger partial charge < -0.3 is 18.0 Å². The van der Waals surface area contributed by atoms with Crippen LogP contribution < -0.4 is 0 Å². The lowest BCUT2D eigenvalue weighted by molar-refractivity contribution is 0.115. The van der Waals surface area contributed by atoms with Crippen molar-refractivity contribution in [2.45, 2.75) is 25.8 Å². The molecular formula is C9H20O4SSi. The molecule has 0 aliphatic carbocycles. The highest BCUT2D eigenvalue weighted by Gasteiger charge is 2.49. The second-order valence-electron chi connectivity index (χ2n) is 2.93. The number of hydrogen-bond donors (Lipinski definition) is 0. The van der Waals surface area contributed by atoms with Gasteiger partial charge in [0, 0.05) is 21.3 Å². The van der Waals surface area contributed by atoms with Crippen LogP contribution in [0, 0.1) is 0 Å². The number of rotatable bonds is 7. The first-order chi connectivity index (χ1) is 7.11. The van der Waals surface area contributed by atoms with Crippen molar-refractivity contribution >= 4 is 26.1 Å². The summed E-state index contributed by atoms with van der Waals surface area (Å²) in [4.78, 5) is 0. The van der Waals surface area contributed by atoms with Crippen LogP contribution in [0.15, 0.2) is 0 Å². The minimum atomic E-state index is -2.71. The third-order valence-electron chi connectivity index (χ3n) is 2.26. The molecule has 0 aromatic rings. The van der Waals surface area contributed by atoms with Crippen LogP contribution in [0.4, 0.5) is 0 Å². The molecule has 15 heavy (non-hydrogen) atoms. The summed E-state index contributed by atoms with van der Waals surface area (Å²) in [5.74, 6) is 0. The fourth-order valence-corrected chi connectivity index (χ4v) is 4.42. The van der Waals surface area contributed by atoms with E-state index in [9.17, 15) is 0 Å². The molecule has 0 amide bonds. The first-order valence-corrected chi connectivity index (χ1v) is 7.14. The summed E-state index contributed by atoms with van der Waals surface area (Å²) in [6.45, 7) is 4.46. The topological polar surface area (TPSA) is 36.9 Å². The van der Waals surface area contributed by atoms with E-state index in [1.54, 1.807) is 21.3 Å². The van der Waals surface area contributed by atoms with Gasteiger partial charge in [0.2, 0.25) is 0 Å². The predicted octanol–water partition coefficient (Wildman–Crippen LogP) is 2.01. The maximum atomic E-state index is 5.38. The third-order valence-corrected chi connectivity index (χ3v) is 6.10. The molecule has 0 aromatic heterocycles. The smallest absolute Gasteiger partial charge is 0.487 e. The highest BCUT2D eigenvalue weighted by atomic mass is 32.1. The maximum Gasteiger partial charge on any atom is 0.512 e. The third kappa shape index (κ3) is 3.49. The van der Waals surface area contributed by atoms with E-state index < -0.39 is 8.80 Å². The van der Waals surface area contributed by atoms with Gasteiger partial charge in [0.15, 0.2) is 5.05 Å². The first-order valence-electron chi connectivity index (χ1n) is 4.93. The van der Waals surface area contributed by atoms with Crippen molar-refractivity contribution in [3.05, 3.63) is 0 Å². The Morgan fingerprint density at radius 2 is 1.60 bits per heavy atom. The van der Waals surface area contributed by atoms with Gasteiger partial charge >= 0.3 is 8.80 Å². The molecule has 0 bridgehead atoms. The van der Waals surface area contributed by atoms with Crippen LogP contribution in [-0.4, -0.2) is 41.8 Å². The molecule has 1 atom stereocenters. The zero-order valence-corrected chi connectivity index (χ0v) is 11.8. The fourth-order valence-electron chi connectivity index (χ4n) is 1.48. The lowest BCUT2D eigenvalue weighted by atomic mass is 10.3. The average Bonchev–Trinajstić information content (AvgIpc) is 2.26. The largest absolute Gasteiger partial charge is 0.512 e. The van der Waals surface area contributed by atoms with Gasteiger partial charge in [0.1, 0.15) is 0 Å². The molecule has 6 heteroatoms. The average molecular weight is 252 g/mol. The molecule has 4 nitrogen and oxygen atoms in total. The standard InChI is InChI=1S/C9H20O4SSi/c1-6-8(9(14)13-7-2)15(10-3,11-4)12-5/h8H,6-7H2,1-5H3. The summed E-state index contributed by atoms with van der Waals surface area (Å²) >= 11 is 5.19. The van der Waals surface area contributed by atoms with Gasteiger partial charge in [0.25, 0.3) is 0 Å². The Bertz CT molecular complexity index is 188. The van der Waals surface area contributed by atoms with Crippen LogP contribution in [0.25, 0.3) is 0 Å². The van der Waals surface area contributed by atoms with E-state index in [1.165, 1.54) is 0 Å². The first kappa shape index (κ1) is 15.0. The van der Waals surface area contributed by atoms with E-state index in [0.29, 0.717) is 11.7 Å². The van der Waals surface area contributed by atoms with E-state index in [4.69, 9.17) is 30.2 Å². The second-order valence-corrected chi connectivity index (χ2v) is 6.46. The van der Waals surface area contributed by atoms with Gasteiger partial charge in [0.05, 0.1) is 12.1 Å². The van der Waals surface area contributed by atoms with Crippen LogP contribution in [-0.2, 0) is 18.0 Å². The molecule has 0 heterocycles. The van der Waals surface area contributed by atoms with Crippen LogP contribution in [0.1, 0.15) is 20.3 Å². The Balaban J connectivity index is 4.80. The van der Waals surface area contributed by atoms with Crippen molar-refractivity contribution in [2.75, 3.05) is 27.9 Å². The van der Waals surface area contributed by atoms with E-state index >= 15 is 0 Å². The van der Waals surface area contributed by atoms with Gasteiger partial charge in [-0.2, -0.15) is 0 Å². The van der Waals surface area contributed by atoms with Crippen molar-refractivity contribution in [3.8, 4) is 0 Å². The lowest BCUT2D eigenvalue weighted by Gasteiger charge is -2.31. The van der Waals surface area contributed by atoms with Crippen LogP contribution in [0.2, 0.25) is 5.54 Å². The molecule has 0 spiro atoms. The normalized spacial score (nSPS) is 13.7. The van der Waals surface area contributed by atoms with Gasteiger partial charge in [-0.25, -0.2) is 0 Å². The number of hydrogen-bond acceptors (Lipinski definition) is 5. The summed E-state index contributed by atoms with van der Waals surface area (Å²) in [6, 6.07) is 0. The predicted molar refractivity (Wildman–Crippen MR) is 65.0 cm³/mol. The SMILES string of the molecule is CCOC(=S)C(CC)[Si](OC)(OC)OC. The highest BCUT2D eigenvalue weighted by molar-refractivity contribution is 7.80. The van der Waals surface area contributed by atoms with Crippen LogP contribution >= 0.6 is 12.2 Å². The zero-order valence-electron chi connectivity index (χ0n) is 10.0. The van der Waals surface area contributed by atoms with Gasteiger partial charge in [-0.15, -0.1) is 0 Å². The Kier molecular flexibility index (Phi) is 7.29. The summed E-state index contributed by atoms with van der Waals surface area (Å²) in [5, 5.41) is 0.511. The highest BCUT2D eigenvalue weighted by Crippen LogP contribution is 2.29. The molecule has 1 unspecified atom stereocenters. The quantitative estimate of drug-likeness (QED) is 0.512. The zero-order chi connectivity index (χ0) is 11.9. The molecule has 0 aliphatic rings. The van der Waals surface area contributed by atoms with Crippen molar-refractivity contribution in [2.24, 2.45) is 0 Å². The summed E-state index contributed by atoms with van der Waals surface area (Å²) in [6.07, 6.45) is 0.778. The Hall–Kier alpha value is -0.0131. The minimum Gasteiger partial charge on any atom is -0.487 e. The van der Waals surface area contributed by atoms with Gasteiger partial charge in [-0.05, 0) is 25.6 Å². The van der Waals surface area contributed by atoms with E-state index in [2.05, 4.69) is 0 Å². The molecule has 0 radical (unpaired) electrons. The van der Waals surface area contributed by atoms with Crippen LogP contribution in [0.5, 0.6) is 0 Å². The van der Waals surface area contributed by atoms with E-state index in [0.717, 1.165) is 6.42 Å². The van der Waals surface area contributed by atoms with Gasteiger partial charge in [-0.1, -0.05) is 6.92 Å². The van der Waals surface area contributed by atoms with Gasteiger partial charge in [-0.3, -0.25) is 0 Å². The molecule has 0 N–H and O–H groups in total. The molecule has 90 valence electrons. The minimum absolute atomic E-state index is 0.0903. The summed E-state index contributed by atoms with van der Waals surface area (Å²) < 4.78 is 21.5. The molecule has 0 rings (SSSR count). The molecule has 0 saturated heterocycles. The molecule has 0 saturated carbocycles. The van der Waals surface area contributed by atoms with Crippen molar-refractivity contribution in [1.82, 2.24) is 0 Å². The monoisotopic (exact) mass is 252 g/mol. The summed E-state index contributed by atoms with van der Waals surface area (Å²) in [5.41, 5.74) is -0.0903. The van der Waals surface area contributed by atoms with Crippen molar-refractivity contribution in [1.29, 1.82) is 0 Å². The Morgan fingerprint density at radius 3 is 1.87 bits per heavy atom. The maximum absolute atomic E-state index is 5.38. The van der Waals surface area contributed by atoms with Crippen molar-refractivity contribution < 1.29 is 18.0 Å². The van der Waals surface area contributed by atoms with Crippen molar-refractivity contribution in [3.63, 3.8) is 0 Å². The second kappa shape index (κ2) is 7.29. The Morgan fingerprint density at radius 1 is 1.13 bits per heavy atom. The summed E-state index contributed by atoms with van der Waals surface area (Å²) in [7, 11) is 2.03. The molecule has 0 aromatic carbocycles. The number of ether oxygens (including phenoxy) is 1. The molecule has 0 aliphatic heterocycles. The fraction of sp³-hybridized carbons (Fsp3) is 0.889. The van der Waals surface area contributed by atoms with E-state index in [1.807, 2.05) is 13.8 Å². The molecule has 0 fully saturated rings. The lowest BCUT2D eigenvalue weighted by Crippen LogP contribution is -2.50. The number of thiocarbonyl (C=S) groups is 1. The van der Waals surface area contributed by atoms with E-state index in [-0.39, 0.29) is 5.54 Å². The Labute approximate surface area is 98.2 Å². The van der Waals surface area contributed by atoms with Crippen LogP contribution in [0.3, 0.4) is 0 Å². The molecular weight excluding hydrogens is 232 g/mol.